The fourth-order valence-corrected chi connectivity index (χ4v) is 3.21. The third-order valence-electron chi connectivity index (χ3n) is 2.70. The molecule has 112 valence electrons. The molecule has 1 rings (SSSR count). The van der Waals surface area contributed by atoms with Crippen LogP contribution in [0.3, 0.4) is 0 Å². The highest BCUT2D eigenvalue weighted by Gasteiger charge is 2.16. The Labute approximate surface area is 124 Å². The molecule has 0 spiro atoms. The Morgan fingerprint density at radius 1 is 1.25 bits per heavy atom. The Morgan fingerprint density at radius 3 is 2.60 bits per heavy atom. The van der Waals surface area contributed by atoms with Crippen LogP contribution in [0.4, 0.5) is 0 Å². The molecule has 0 aliphatic heterocycles. The van der Waals surface area contributed by atoms with Crippen LogP contribution in [0.25, 0.3) is 0 Å². The largest absolute Gasteiger partial charge is 0.469 e. The summed E-state index contributed by atoms with van der Waals surface area (Å²) < 4.78 is 30.9. The van der Waals surface area contributed by atoms with E-state index in [-0.39, 0.29) is 15.9 Å². The average Bonchev–Trinajstić information content (AvgIpc) is 2.42. The van der Waals surface area contributed by atoms with Crippen molar-refractivity contribution in [1.82, 2.24) is 4.72 Å². The number of benzene rings is 1. The number of esters is 1. The number of unbranched alkanes of at least 4 members (excludes halogenated alkanes) is 2. The summed E-state index contributed by atoms with van der Waals surface area (Å²) in [5.74, 6) is -0.248. The van der Waals surface area contributed by atoms with E-state index in [0.717, 1.165) is 6.42 Å². The summed E-state index contributed by atoms with van der Waals surface area (Å²) >= 11 is 5.85. The van der Waals surface area contributed by atoms with Crippen LogP contribution in [-0.4, -0.2) is 28.0 Å². The van der Waals surface area contributed by atoms with E-state index in [9.17, 15) is 13.2 Å². The molecule has 0 saturated heterocycles. The van der Waals surface area contributed by atoms with Crippen LogP contribution in [0.5, 0.6) is 0 Å². The molecule has 1 aromatic carbocycles. The second-order valence-corrected chi connectivity index (χ2v) is 6.36. The maximum atomic E-state index is 12.0. The number of ether oxygens (including phenoxy) is 1. The molecule has 20 heavy (non-hydrogen) atoms. The van der Waals surface area contributed by atoms with E-state index in [1.54, 1.807) is 12.1 Å². The number of methoxy groups -OCH3 is 1. The van der Waals surface area contributed by atoms with E-state index in [0.29, 0.717) is 25.8 Å². The minimum absolute atomic E-state index is 0.0798. The molecule has 0 aromatic heterocycles. The Hall–Kier alpha value is -1.11. The number of rotatable bonds is 8. The van der Waals surface area contributed by atoms with Crippen molar-refractivity contribution in [3.05, 3.63) is 29.3 Å². The molecule has 1 N–H and O–H groups in total. The van der Waals surface area contributed by atoms with E-state index in [4.69, 9.17) is 11.6 Å². The Morgan fingerprint density at radius 2 is 1.95 bits per heavy atom. The molecule has 0 fully saturated rings. The zero-order valence-corrected chi connectivity index (χ0v) is 12.8. The molecule has 0 atom stereocenters. The maximum Gasteiger partial charge on any atom is 0.305 e. The summed E-state index contributed by atoms with van der Waals surface area (Å²) in [4.78, 5) is 11.0. The fraction of sp³-hybridized carbons (Fsp3) is 0.462. The van der Waals surface area contributed by atoms with Crippen LogP contribution in [0, 0.1) is 0 Å². The van der Waals surface area contributed by atoms with Crippen molar-refractivity contribution in [2.75, 3.05) is 13.7 Å². The Bertz CT molecular complexity index is 545. The third-order valence-corrected chi connectivity index (χ3v) is 4.66. The van der Waals surface area contributed by atoms with Gasteiger partial charge in [0.05, 0.1) is 12.1 Å². The summed E-state index contributed by atoms with van der Waals surface area (Å²) in [5.41, 5.74) is 0. The van der Waals surface area contributed by atoms with Gasteiger partial charge >= 0.3 is 5.97 Å². The molecule has 0 bridgehead atoms. The first kappa shape index (κ1) is 16.9. The molecule has 0 radical (unpaired) electrons. The number of carbonyl (C=O) groups is 1. The fourth-order valence-electron chi connectivity index (χ4n) is 1.62. The predicted octanol–water partition coefficient (Wildman–Crippen LogP) is 2.35. The normalized spacial score (nSPS) is 11.3. The third kappa shape index (κ3) is 5.48. The minimum Gasteiger partial charge on any atom is -0.469 e. The lowest BCUT2D eigenvalue weighted by Gasteiger charge is -2.07. The average molecular weight is 320 g/mol. The molecular formula is C13H18ClNO4S. The molecule has 0 heterocycles. The molecule has 0 aliphatic carbocycles. The van der Waals surface area contributed by atoms with Crippen LogP contribution in [0.15, 0.2) is 29.2 Å². The summed E-state index contributed by atoms with van der Waals surface area (Å²) in [5, 5.41) is 0.200. The number of carbonyl (C=O) groups excluding carboxylic acids is 1. The lowest BCUT2D eigenvalue weighted by molar-refractivity contribution is -0.140. The number of hydrogen-bond donors (Lipinski definition) is 1. The van der Waals surface area contributed by atoms with Gasteiger partial charge in [0, 0.05) is 13.0 Å². The molecule has 1 aromatic rings. The van der Waals surface area contributed by atoms with E-state index in [1.807, 2.05) is 0 Å². The van der Waals surface area contributed by atoms with Gasteiger partial charge in [0.15, 0.2) is 0 Å². The van der Waals surface area contributed by atoms with E-state index in [1.165, 1.54) is 19.2 Å². The van der Waals surface area contributed by atoms with Gasteiger partial charge in [-0.15, -0.1) is 0 Å². The van der Waals surface area contributed by atoms with Crippen molar-refractivity contribution in [2.45, 2.75) is 30.6 Å². The van der Waals surface area contributed by atoms with Gasteiger partial charge in [0.2, 0.25) is 10.0 Å². The highest BCUT2D eigenvalue weighted by molar-refractivity contribution is 7.89. The van der Waals surface area contributed by atoms with Crippen molar-refractivity contribution in [1.29, 1.82) is 0 Å². The summed E-state index contributed by atoms with van der Waals surface area (Å²) in [6.07, 6.45) is 2.44. The summed E-state index contributed by atoms with van der Waals surface area (Å²) in [6.45, 7) is 0.314. The smallest absolute Gasteiger partial charge is 0.305 e. The van der Waals surface area contributed by atoms with Gasteiger partial charge < -0.3 is 4.74 Å². The maximum absolute atomic E-state index is 12.0. The van der Waals surface area contributed by atoms with Gasteiger partial charge in [0.1, 0.15) is 4.90 Å². The van der Waals surface area contributed by atoms with Crippen LogP contribution in [-0.2, 0) is 19.6 Å². The highest BCUT2D eigenvalue weighted by atomic mass is 35.5. The number of halogens is 1. The van der Waals surface area contributed by atoms with Crippen LogP contribution in [0.1, 0.15) is 25.7 Å². The van der Waals surface area contributed by atoms with Crippen molar-refractivity contribution < 1.29 is 17.9 Å². The van der Waals surface area contributed by atoms with Gasteiger partial charge in [-0.2, -0.15) is 0 Å². The first-order valence-corrected chi connectivity index (χ1v) is 8.14. The molecule has 5 nitrogen and oxygen atoms in total. The Balaban J connectivity index is 2.35. The number of nitrogens with one attached hydrogen (secondary N) is 1. The minimum atomic E-state index is -3.57. The molecule has 7 heteroatoms. The first-order valence-electron chi connectivity index (χ1n) is 6.28. The van der Waals surface area contributed by atoms with Gasteiger partial charge in [0.25, 0.3) is 0 Å². The van der Waals surface area contributed by atoms with Crippen LogP contribution in [0.2, 0.25) is 5.02 Å². The predicted molar refractivity (Wildman–Crippen MR) is 77.1 cm³/mol. The Kier molecular flexibility index (Phi) is 6.98. The molecule has 0 amide bonds. The summed E-state index contributed by atoms with van der Waals surface area (Å²) in [6, 6.07) is 6.29. The van der Waals surface area contributed by atoms with Gasteiger partial charge in [-0.3, -0.25) is 4.79 Å². The molecular weight excluding hydrogens is 302 g/mol. The van der Waals surface area contributed by atoms with Crippen molar-refractivity contribution in [3.8, 4) is 0 Å². The first-order chi connectivity index (χ1) is 9.47. The highest BCUT2D eigenvalue weighted by Crippen LogP contribution is 2.20. The van der Waals surface area contributed by atoms with E-state index in [2.05, 4.69) is 9.46 Å². The zero-order chi connectivity index (χ0) is 15.0. The standard InChI is InChI=1S/C13H18ClNO4S/c1-19-13(16)9-3-2-6-10-15-20(17,18)12-8-5-4-7-11(12)14/h4-5,7-8,15H,2-3,6,9-10H2,1H3. The van der Waals surface area contributed by atoms with Crippen molar-refractivity contribution in [2.24, 2.45) is 0 Å². The van der Waals surface area contributed by atoms with Gasteiger partial charge in [-0.05, 0) is 25.0 Å². The van der Waals surface area contributed by atoms with Crippen molar-refractivity contribution in [3.63, 3.8) is 0 Å². The lowest BCUT2D eigenvalue weighted by atomic mass is 10.2. The van der Waals surface area contributed by atoms with Crippen LogP contribution >= 0.6 is 11.6 Å². The number of sulfonamides is 1. The lowest BCUT2D eigenvalue weighted by Crippen LogP contribution is -2.25. The SMILES string of the molecule is COC(=O)CCCCCNS(=O)(=O)c1ccccc1Cl. The van der Waals surface area contributed by atoms with Gasteiger partial charge in [-0.1, -0.05) is 30.2 Å². The van der Waals surface area contributed by atoms with E-state index >= 15 is 0 Å². The second kappa shape index (κ2) is 8.24. The number of hydrogen-bond acceptors (Lipinski definition) is 4. The van der Waals surface area contributed by atoms with Crippen molar-refractivity contribution >= 4 is 27.6 Å². The monoisotopic (exact) mass is 319 g/mol. The quantitative estimate of drug-likeness (QED) is 0.589. The second-order valence-electron chi connectivity index (χ2n) is 4.21. The van der Waals surface area contributed by atoms with Crippen LogP contribution < -0.4 is 4.72 Å². The van der Waals surface area contributed by atoms with E-state index < -0.39 is 10.0 Å². The van der Waals surface area contributed by atoms with Gasteiger partial charge in [-0.25, -0.2) is 13.1 Å². The molecule has 0 saturated carbocycles. The molecule has 0 aliphatic rings. The molecule has 0 unspecified atom stereocenters. The zero-order valence-electron chi connectivity index (χ0n) is 11.3. The topological polar surface area (TPSA) is 72.5 Å². The summed E-state index contributed by atoms with van der Waals surface area (Å²) in [7, 11) is -2.23.